The highest BCUT2D eigenvalue weighted by molar-refractivity contribution is 5.92. The molecule has 0 atom stereocenters. The van der Waals surface area contributed by atoms with E-state index in [9.17, 15) is 0 Å². The first kappa shape index (κ1) is 36.9. The molecule has 0 bridgehead atoms. The monoisotopic (exact) mass is 702 g/mol. The minimum absolute atomic E-state index is 1.22. The lowest BCUT2D eigenvalue weighted by molar-refractivity contribution is 1.26. The minimum Gasteiger partial charge on any atom is -0.0622 e. The summed E-state index contributed by atoms with van der Waals surface area (Å²) in [4.78, 5) is 0. The van der Waals surface area contributed by atoms with E-state index in [1.54, 1.807) is 0 Å². The van der Waals surface area contributed by atoms with Crippen molar-refractivity contribution in [3.8, 4) is 66.8 Å². The van der Waals surface area contributed by atoms with Crippen LogP contribution in [0.5, 0.6) is 0 Å². The molecule has 0 aromatic heterocycles. The maximum absolute atomic E-state index is 2.45. The molecule has 0 amide bonds. The Morgan fingerprint density at radius 1 is 0.222 bits per heavy atom. The van der Waals surface area contributed by atoms with Crippen LogP contribution in [-0.2, 0) is 0 Å². The first-order chi connectivity index (χ1) is 25.7. The van der Waals surface area contributed by atoms with Gasteiger partial charge in [-0.15, -0.1) is 0 Å². The number of hydrogen-bond donors (Lipinski definition) is 0. The van der Waals surface area contributed by atoms with Crippen molar-refractivity contribution in [2.45, 2.75) is 83.1 Å². The van der Waals surface area contributed by atoms with Gasteiger partial charge < -0.3 is 0 Å². The molecule has 0 saturated heterocycles. The molecule has 7 aromatic rings. The molecule has 0 unspecified atom stereocenters. The van der Waals surface area contributed by atoms with Crippen molar-refractivity contribution >= 4 is 0 Å². The second kappa shape index (κ2) is 14.4. The maximum atomic E-state index is 2.45. The Balaban J connectivity index is 1.46. The van der Waals surface area contributed by atoms with Crippen LogP contribution < -0.4 is 0 Å². The van der Waals surface area contributed by atoms with Crippen molar-refractivity contribution in [3.63, 3.8) is 0 Å². The third-order valence-corrected chi connectivity index (χ3v) is 12.2. The van der Waals surface area contributed by atoms with Crippen LogP contribution >= 0.6 is 0 Å². The summed E-state index contributed by atoms with van der Waals surface area (Å²) in [7, 11) is 0. The molecule has 0 aliphatic rings. The Hall–Kier alpha value is -5.46. The van der Waals surface area contributed by atoms with Crippen LogP contribution in [0.25, 0.3) is 66.8 Å². The van der Waals surface area contributed by atoms with Crippen molar-refractivity contribution in [1.29, 1.82) is 0 Å². The fourth-order valence-electron chi connectivity index (χ4n) is 8.46. The van der Waals surface area contributed by atoms with Crippen LogP contribution in [-0.4, -0.2) is 0 Å². The average molecular weight is 703 g/mol. The van der Waals surface area contributed by atoms with Crippen molar-refractivity contribution < 1.29 is 0 Å². The number of aryl methyl sites for hydroxylation is 9. The average Bonchev–Trinajstić information content (AvgIpc) is 3.14. The Bertz CT molecular complexity index is 2500. The summed E-state index contributed by atoms with van der Waals surface area (Å²) in [6.45, 7) is 27.0. The van der Waals surface area contributed by atoms with Crippen LogP contribution in [0.3, 0.4) is 0 Å². The quantitative estimate of drug-likeness (QED) is 0.162. The number of rotatable bonds is 6. The van der Waals surface area contributed by atoms with E-state index in [-0.39, 0.29) is 0 Å². The van der Waals surface area contributed by atoms with Gasteiger partial charge in [0.25, 0.3) is 0 Å². The first-order valence-corrected chi connectivity index (χ1v) is 19.4. The molecule has 7 aromatic carbocycles. The second-order valence-corrected chi connectivity index (χ2v) is 16.1. The predicted molar refractivity (Wildman–Crippen MR) is 236 cm³/mol. The van der Waals surface area contributed by atoms with Crippen molar-refractivity contribution in [3.05, 3.63) is 176 Å². The molecular weight excluding hydrogens is 649 g/mol. The van der Waals surface area contributed by atoms with Crippen LogP contribution in [0.1, 0.15) is 66.8 Å². The van der Waals surface area contributed by atoms with Gasteiger partial charge in [-0.25, -0.2) is 0 Å². The largest absolute Gasteiger partial charge is 0.0622 e. The summed E-state index contributed by atoms with van der Waals surface area (Å²) < 4.78 is 0. The summed E-state index contributed by atoms with van der Waals surface area (Å²) >= 11 is 0. The Morgan fingerprint density at radius 2 is 0.519 bits per heavy atom. The molecule has 0 nitrogen and oxygen atoms in total. The van der Waals surface area contributed by atoms with E-state index in [2.05, 4.69) is 192 Å². The highest BCUT2D eigenvalue weighted by atomic mass is 14.2. The first-order valence-electron chi connectivity index (χ1n) is 19.4. The predicted octanol–water partition coefficient (Wildman–Crippen LogP) is 15.4. The van der Waals surface area contributed by atoms with E-state index >= 15 is 0 Å². The van der Waals surface area contributed by atoms with Crippen LogP contribution in [0.2, 0.25) is 0 Å². The summed E-state index contributed by atoms with van der Waals surface area (Å²) in [5.41, 5.74) is 31.2. The molecule has 0 aliphatic carbocycles. The molecule has 0 heteroatoms. The lowest BCUT2D eigenvalue weighted by atomic mass is 9.84. The summed E-state index contributed by atoms with van der Waals surface area (Å²) in [6.07, 6.45) is 0. The standard InChI is InChI=1S/C54H54/c1-31-18-49(19-32(2)40(31)10)52-30-45(26-39(9)54(52)51-22-35(5)42(12)36(6)23-51)48-28-46(43-16-14-13-15-17-43)27-47(29-48)44-24-37(7)53(38(8)25-44)50-20-33(3)41(11)34(4)21-50/h13-30H,1-12H3. The fourth-order valence-corrected chi connectivity index (χ4v) is 8.46. The molecule has 0 radical (unpaired) electrons. The van der Waals surface area contributed by atoms with E-state index in [0.717, 1.165) is 0 Å². The smallest absolute Gasteiger partial charge is 0.00755 e. The molecule has 0 aliphatic heterocycles. The Labute approximate surface area is 324 Å². The van der Waals surface area contributed by atoms with Gasteiger partial charge >= 0.3 is 0 Å². The summed E-state index contributed by atoms with van der Waals surface area (Å²) in [5.74, 6) is 0. The molecule has 7 rings (SSSR count). The van der Waals surface area contributed by atoms with Gasteiger partial charge in [0.15, 0.2) is 0 Å². The second-order valence-electron chi connectivity index (χ2n) is 16.1. The van der Waals surface area contributed by atoms with Gasteiger partial charge in [-0.2, -0.15) is 0 Å². The Kier molecular flexibility index (Phi) is 9.84. The van der Waals surface area contributed by atoms with E-state index in [1.165, 1.54) is 134 Å². The fraction of sp³-hybridized carbons (Fsp3) is 0.222. The van der Waals surface area contributed by atoms with Crippen molar-refractivity contribution in [2.24, 2.45) is 0 Å². The zero-order chi connectivity index (χ0) is 38.6. The highest BCUT2D eigenvalue weighted by Crippen LogP contribution is 2.43. The topological polar surface area (TPSA) is 0 Å². The molecule has 0 N–H and O–H groups in total. The molecular formula is C54H54. The van der Waals surface area contributed by atoms with Gasteiger partial charge in [0, 0.05) is 0 Å². The molecule has 0 heterocycles. The summed E-state index contributed by atoms with van der Waals surface area (Å²) in [6, 6.07) is 41.9. The number of benzene rings is 7. The summed E-state index contributed by atoms with van der Waals surface area (Å²) in [5, 5.41) is 0. The van der Waals surface area contributed by atoms with E-state index in [1.807, 2.05) is 0 Å². The van der Waals surface area contributed by atoms with Gasteiger partial charge in [-0.1, -0.05) is 84.9 Å². The molecule has 54 heavy (non-hydrogen) atoms. The van der Waals surface area contributed by atoms with Crippen LogP contribution in [0.15, 0.2) is 109 Å². The highest BCUT2D eigenvalue weighted by Gasteiger charge is 2.18. The van der Waals surface area contributed by atoms with Crippen molar-refractivity contribution in [2.75, 3.05) is 0 Å². The lowest BCUT2D eigenvalue weighted by Crippen LogP contribution is -1.97. The maximum Gasteiger partial charge on any atom is -0.00755 e. The van der Waals surface area contributed by atoms with Gasteiger partial charge in [-0.3, -0.25) is 0 Å². The zero-order valence-electron chi connectivity index (χ0n) is 34.4. The van der Waals surface area contributed by atoms with Crippen LogP contribution in [0.4, 0.5) is 0 Å². The minimum atomic E-state index is 1.22. The van der Waals surface area contributed by atoms with Gasteiger partial charge in [-0.05, 0) is 241 Å². The molecule has 0 spiro atoms. The zero-order valence-corrected chi connectivity index (χ0v) is 34.4. The van der Waals surface area contributed by atoms with E-state index in [0.29, 0.717) is 0 Å². The molecule has 0 fully saturated rings. The van der Waals surface area contributed by atoms with E-state index in [4.69, 9.17) is 0 Å². The van der Waals surface area contributed by atoms with Crippen molar-refractivity contribution in [1.82, 2.24) is 0 Å². The third kappa shape index (κ3) is 6.87. The van der Waals surface area contributed by atoms with Gasteiger partial charge in [0.2, 0.25) is 0 Å². The SMILES string of the molecule is Cc1cc(-c2cc(-c3cc(-c4ccccc4)cc(-c4cc(C)c(-c5cc(C)c(C)c(C)c5)c(C)c4)c3)cc(C)c2-c2cc(C)c(C)c(C)c2)cc(C)c1C. The third-order valence-electron chi connectivity index (χ3n) is 12.2. The lowest BCUT2D eigenvalue weighted by Gasteiger charge is -2.20. The van der Waals surface area contributed by atoms with Crippen LogP contribution in [0, 0.1) is 83.1 Å². The van der Waals surface area contributed by atoms with E-state index < -0.39 is 0 Å². The van der Waals surface area contributed by atoms with Gasteiger partial charge in [0.05, 0.1) is 0 Å². The Morgan fingerprint density at radius 3 is 0.944 bits per heavy atom. The number of hydrogen-bond acceptors (Lipinski definition) is 0. The normalized spacial score (nSPS) is 11.3. The van der Waals surface area contributed by atoms with Gasteiger partial charge in [0.1, 0.15) is 0 Å². The molecule has 0 saturated carbocycles. The molecule has 270 valence electrons.